The van der Waals surface area contributed by atoms with Gasteiger partial charge in [0.15, 0.2) is 0 Å². The number of fused-ring (bicyclic) bond motifs is 3. The summed E-state index contributed by atoms with van der Waals surface area (Å²) in [6, 6.07) is 5.79. The van der Waals surface area contributed by atoms with Crippen molar-refractivity contribution >= 4 is 0 Å². The van der Waals surface area contributed by atoms with Crippen molar-refractivity contribution in [1.82, 2.24) is 0 Å². The molecule has 0 spiro atoms. The van der Waals surface area contributed by atoms with Crippen molar-refractivity contribution in [3.05, 3.63) is 29.3 Å². The smallest absolute Gasteiger partial charge is 0.119 e. The van der Waals surface area contributed by atoms with Gasteiger partial charge in [-0.1, -0.05) is 18.9 Å². The zero-order valence-electron chi connectivity index (χ0n) is 10.7. The first-order valence-electron chi connectivity index (χ1n) is 6.76. The van der Waals surface area contributed by atoms with Gasteiger partial charge >= 0.3 is 0 Å². The van der Waals surface area contributed by atoms with E-state index >= 15 is 0 Å². The molecule has 0 aliphatic heterocycles. The Bertz CT molecular complexity index is 443. The summed E-state index contributed by atoms with van der Waals surface area (Å²) in [5.74, 6) is 1.41. The quantitative estimate of drug-likeness (QED) is 0.802. The maximum absolute atomic E-state index is 10.3. The van der Waals surface area contributed by atoms with Crippen LogP contribution in [0.5, 0.6) is 5.75 Å². The predicted molar refractivity (Wildman–Crippen MR) is 68.7 cm³/mol. The number of hydrogen-bond donors (Lipinski definition) is 2. The number of aliphatic hydroxyl groups is 2. The summed E-state index contributed by atoms with van der Waals surface area (Å²) in [6.07, 6.45) is 3.13. The first kappa shape index (κ1) is 12.0. The van der Waals surface area contributed by atoms with Gasteiger partial charge in [-0.3, -0.25) is 0 Å². The zero-order chi connectivity index (χ0) is 12.7. The second-order valence-corrected chi connectivity index (χ2v) is 5.49. The van der Waals surface area contributed by atoms with Crippen LogP contribution < -0.4 is 4.74 Å². The van der Waals surface area contributed by atoms with Gasteiger partial charge in [-0.05, 0) is 47.9 Å². The van der Waals surface area contributed by atoms with E-state index in [1.54, 1.807) is 7.11 Å². The van der Waals surface area contributed by atoms with Gasteiger partial charge in [0.05, 0.1) is 13.2 Å². The Morgan fingerprint density at radius 1 is 1.11 bits per heavy atom. The number of aliphatic hydroxyl groups excluding tert-OH is 2. The van der Waals surface area contributed by atoms with Crippen molar-refractivity contribution in [2.45, 2.75) is 43.8 Å². The normalized spacial score (nSPS) is 34.6. The number of benzene rings is 1. The first-order valence-corrected chi connectivity index (χ1v) is 6.76. The Labute approximate surface area is 107 Å². The molecule has 0 radical (unpaired) electrons. The molecule has 3 rings (SSSR count). The van der Waals surface area contributed by atoms with Crippen LogP contribution in [0.3, 0.4) is 0 Å². The molecular weight excluding hydrogens is 228 g/mol. The van der Waals surface area contributed by atoms with Crippen molar-refractivity contribution in [3.8, 4) is 5.75 Å². The highest BCUT2D eigenvalue weighted by atomic mass is 16.5. The molecule has 0 bridgehead atoms. The lowest BCUT2D eigenvalue weighted by molar-refractivity contribution is -0.0465. The van der Waals surface area contributed by atoms with E-state index in [0.29, 0.717) is 5.92 Å². The Morgan fingerprint density at radius 2 is 1.89 bits per heavy atom. The second kappa shape index (κ2) is 4.56. The van der Waals surface area contributed by atoms with Crippen molar-refractivity contribution < 1.29 is 14.9 Å². The number of methoxy groups -OCH3 is 1. The lowest BCUT2D eigenvalue weighted by Gasteiger charge is -2.42. The van der Waals surface area contributed by atoms with Gasteiger partial charge in [-0.2, -0.15) is 0 Å². The third-order valence-electron chi connectivity index (χ3n) is 4.59. The Balaban J connectivity index is 2.07. The van der Waals surface area contributed by atoms with Crippen LogP contribution >= 0.6 is 0 Å². The van der Waals surface area contributed by atoms with Gasteiger partial charge in [0.25, 0.3) is 0 Å². The van der Waals surface area contributed by atoms with Crippen LogP contribution in [-0.2, 0) is 0 Å². The van der Waals surface area contributed by atoms with E-state index in [0.717, 1.165) is 30.6 Å². The summed E-state index contributed by atoms with van der Waals surface area (Å²) in [5, 5.41) is 20.5. The SMILES string of the molecule is COc1ccc2c(c1)[C@@H]1CCCC[C@H]1[C@H](O)[C@@H]2O. The fourth-order valence-corrected chi connectivity index (χ4v) is 3.64. The highest BCUT2D eigenvalue weighted by Crippen LogP contribution is 2.49. The molecule has 3 nitrogen and oxygen atoms in total. The van der Waals surface area contributed by atoms with Gasteiger partial charge < -0.3 is 14.9 Å². The molecule has 2 aliphatic carbocycles. The summed E-state index contributed by atoms with van der Waals surface area (Å²) in [5.41, 5.74) is 2.06. The number of ether oxygens (including phenoxy) is 1. The minimum atomic E-state index is -0.745. The minimum absolute atomic E-state index is 0.202. The van der Waals surface area contributed by atoms with E-state index in [1.807, 2.05) is 18.2 Å². The highest BCUT2D eigenvalue weighted by Gasteiger charge is 2.42. The minimum Gasteiger partial charge on any atom is -0.497 e. The molecule has 2 aliphatic rings. The topological polar surface area (TPSA) is 49.7 Å². The van der Waals surface area contributed by atoms with Gasteiger partial charge in [0, 0.05) is 0 Å². The van der Waals surface area contributed by atoms with E-state index in [9.17, 15) is 10.2 Å². The highest BCUT2D eigenvalue weighted by molar-refractivity contribution is 5.42. The molecule has 0 heterocycles. The van der Waals surface area contributed by atoms with Crippen LogP contribution in [0.15, 0.2) is 18.2 Å². The maximum Gasteiger partial charge on any atom is 0.119 e. The largest absolute Gasteiger partial charge is 0.497 e. The van der Waals surface area contributed by atoms with Crippen LogP contribution in [0.4, 0.5) is 0 Å². The molecule has 1 saturated carbocycles. The third-order valence-corrected chi connectivity index (χ3v) is 4.59. The summed E-state index contributed by atoms with van der Waals surface area (Å²) in [6.45, 7) is 0. The molecule has 98 valence electrons. The van der Waals surface area contributed by atoms with Crippen LogP contribution in [0, 0.1) is 5.92 Å². The van der Waals surface area contributed by atoms with Crippen LogP contribution in [0.25, 0.3) is 0 Å². The lowest BCUT2D eigenvalue weighted by Crippen LogP contribution is -2.39. The standard InChI is InChI=1S/C15H20O3/c1-18-9-6-7-12-13(8-9)10-4-2-3-5-11(10)14(16)15(12)17/h6-8,10-11,14-17H,2-5H2,1H3/t10-,11-,14+,15-/m1/s1. The molecule has 0 aromatic heterocycles. The average Bonchev–Trinajstić information content (AvgIpc) is 2.44. The van der Waals surface area contributed by atoms with Gasteiger partial charge in [0.2, 0.25) is 0 Å². The predicted octanol–water partition coefficient (Wildman–Crippen LogP) is 2.38. The van der Waals surface area contributed by atoms with Crippen molar-refractivity contribution in [2.75, 3.05) is 7.11 Å². The van der Waals surface area contributed by atoms with Gasteiger partial charge in [-0.15, -0.1) is 0 Å². The monoisotopic (exact) mass is 248 g/mol. The zero-order valence-corrected chi connectivity index (χ0v) is 10.7. The van der Waals surface area contributed by atoms with Crippen LogP contribution in [0.1, 0.15) is 48.8 Å². The van der Waals surface area contributed by atoms with Crippen LogP contribution in [-0.4, -0.2) is 23.4 Å². The number of rotatable bonds is 1. The molecule has 1 fully saturated rings. The van der Waals surface area contributed by atoms with Crippen LogP contribution in [0.2, 0.25) is 0 Å². The molecule has 2 N–H and O–H groups in total. The fraction of sp³-hybridized carbons (Fsp3) is 0.600. The number of hydrogen-bond acceptors (Lipinski definition) is 3. The van der Waals surface area contributed by atoms with E-state index < -0.39 is 12.2 Å². The van der Waals surface area contributed by atoms with Gasteiger partial charge in [0.1, 0.15) is 11.9 Å². The fourth-order valence-electron chi connectivity index (χ4n) is 3.64. The van der Waals surface area contributed by atoms with Gasteiger partial charge in [-0.25, -0.2) is 0 Å². The Morgan fingerprint density at radius 3 is 2.67 bits per heavy atom. The summed E-state index contributed by atoms with van der Waals surface area (Å²) < 4.78 is 5.28. The Kier molecular flexibility index (Phi) is 3.04. The second-order valence-electron chi connectivity index (χ2n) is 5.49. The Hall–Kier alpha value is -1.06. The molecule has 0 saturated heterocycles. The van der Waals surface area contributed by atoms with E-state index in [4.69, 9.17) is 4.74 Å². The van der Waals surface area contributed by atoms with E-state index in [-0.39, 0.29) is 5.92 Å². The average molecular weight is 248 g/mol. The molecule has 0 amide bonds. The maximum atomic E-state index is 10.3. The lowest BCUT2D eigenvalue weighted by atomic mass is 9.66. The van der Waals surface area contributed by atoms with Crippen molar-refractivity contribution in [2.24, 2.45) is 5.92 Å². The third kappa shape index (κ3) is 1.73. The first-order chi connectivity index (χ1) is 8.72. The van der Waals surface area contributed by atoms with E-state index in [2.05, 4.69) is 0 Å². The molecule has 4 atom stereocenters. The molecule has 3 heteroatoms. The molecular formula is C15H20O3. The van der Waals surface area contributed by atoms with Crippen molar-refractivity contribution in [1.29, 1.82) is 0 Å². The molecule has 1 aromatic carbocycles. The molecule has 18 heavy (non-hydrogen) atoms. The molecule has 1 aromatic rings. The van der Waals surface area contributed by atoms with E-state index in [1.165, 1.54) is 12.0 Å². The summed E-state index contributed by atoms with van der Waals surface area (Å²) in [4.78, 5) is 0. The molecule has 0 unspecified atom stereocenters. The summed E-state index contributed by atoms with van der Waals surface area (Å²) >= 11 is 0. The van der Waals surface area contributed by atoms with Crippen molar-refractivity contribution in [3.63, 3.8) is 0 Å². The summed E-state index contributed by atoms with van der Waals surface area (Å²) in [7, 11) is 1.66.